The van der Waals surface area contributed by atoms with Crippen LogP contribution < -0.4 is 4.74 Å². The van der Waals surface area contributed by atoms with Gasteiger partial charge in [-0.25, -0.2) is 4.98 Å². The second kappa shape index (κ2) is 7.79. The lowest BCUT2D eigenvalue weighted by atomic mass is 9.83. The van der Waals surface area contributed by atoms with Gasteiger partial charge < -0.3 is 14.8 Å². The largest absolute Gasteiger partial charge is 0.511 e. The van der Waals surface area contributed by atoms with E-state index >= 15 is 0 Å². The third kappa shape index (κ3) is 4.15. The highest BCUT2D eigenvalue weighted by Gasteiger charge is 2.27. The molecule has 1 unspecified atom stereocenters. The Labute approximate surface area is 146 Å². The molecule has 1 aliphatic rings. The molecule has 0 spiro atoms. The summed E-state index contributed by atoms with van der Waals surface area (Å²) in [5.74, 6) is 0.800. The Morgan fingerprint density at radius 1 is 1.36 bits per heavy atom. The van der Waals surface area contributed by atoms with Gasteiger partial charge in [-0.1, -0.05) is 12.1 Å². The third-order valence-electron chi connectivity index (χ3n) is 4.36. The zero-order valence-electron chi connectivity index (χ0n) is 14.1. The molecule has 0 bridgehead atoms. The zero-order valence-corrected chi connectivity index (χ0v) is 14.1. The number of aliphatic hydroxyl groups is 1. The van der Waals surface area contributed by atoms with Crippen LogP contribution in [0.2, 0.25) is 0 Å². The first-order valence-electron chi connectivity index (χ1n) is 8.23. The van der Waals surface area contributed by atoms with Crippen LogP contribution in [0, 0.1) is 0 Å². The molecule has 0 aliphatic heterocycles. The second-order valence-corrected chi connectivity index (χ2v) is 6.02. The van der Waals surface area contributed by atoms with Crippen LogP contribution in [0.25, 0.3) is 0 Å². The summed E-state index contributed by atoms with van der Waals surface area (Å²) in [6.45, 7) is 0.536. The van der Waals surface area contributed by atoms with E-state index in [0.717, 1.165) is 17.0 Å². The Morgan fingerprint density at radius 2 is 2.16 bits per heavy atom. The number of H-pyrrole nitrogens is 1. The number of allylic oxidation sites excluding steroid dienone is 2. The van der Waals surface area contributed by atoms with Crippen LogP contribution in [0.3, 0.4) is 0 Å². The molecule has 0 radical (unpaired) electrons. The number of Topliss-reactive ketones (excluding diaryl/α,β-unsaturated/α-hetero) is 1. The van der Waals surface area contributed by atoms with Crippen LogP contribution in [-0.2, 0) is 11.2 Å². The number of hydrogen-bond donors (Lipinski definition) is 2. The van der Waals surface area contributed by atoms with Gasteiger partial charge >= 0.3 is 0 Å². The fourth-order valence-electron chi connectivity index (χ4n) is 2.93. The van der Waals surface area contributed by atoms with E-state index in [0.29, 0.717) is 31.4 Å². The highest BCUT2D eigenvalue weighted by molar-refractivity contribution is 6.14. The van der Waals surface area contributed by atoms with Crippen molar-refractivity contribution in [3.8, 4) is 5.75 Å². The van der Waals surface area contributed by atoms with E-state index in [-0.39, 0.29) is 17.5 Å². The lowest BCUT2D eigenvalue weighted by molar-refractivity contribution is -0.116. The zero-order chi connectivity index (χ0) is 17.6. The molecular weight excluding hydrogens is 318 g/mol. The molecule has 1 aliphatic carbocycles. The highest BCUT2D eigenvalue weighted by Crippen LogP contribution is 2.33. The first-order valence-corrected chi connectivity index (χ1v) is 8.23. The van der Waals surface area contributed by atoms with Gasteiger partial charge in [-0.05, 0) is 23.6 Å². The SMILES string of the molecule is COc1ccc(C2CC(=O)C(C=NCCc3cnc[nH]3)=C(O)C2)cc1. The van der Waals surface area contributed by atoms with Gasteiger partial charge in [0.25, 0.3) is 0 Å². The number of nitrogens with one attached hydrogen (secondary N) is 1. The summed E-state index contributed by atoms with van der Waals surface area (Å²) in [5, 5.41) is 10.3. The quantitative estimate of drug-likeness (QED) is 0.792. The number of benzene rings is 1. The number of hydrogen-bond acceptors (Lipinski definition) is 5. The summed E-state index contributed by atoms with van der Waals surface area (Å²) in [4.78, 5) is 23.6. The first-order chi connectivity index (χ1) is 12.2. The van der Waals surface area contributed by atoms with E-state index in [4.69, 9.17) is 4.74 Å². The lowest BCUT2D eigenvalue weighted by Crippen LogP contribution is -2.19. The molecule has 0 saturated heterocycles. The van der Waals surface area contributed by atoms with E-state index in [1.54, 1.807) is 19.6 Å². The van der Waals surface area contributed by atoms with Gasteiger partial charge in [0.05, 0.1) is 19.0 Å². The molecule has 1 atom stereocenters. The molecule has 0 saturated carbocycles. The van der Waals surface area contributed by atoms with Crippen LogP contribution in [0.1, 0.15) is 30.0 Å². The van der Waals surface area contributed by atoms with Gasteiger partial charge in [0.1, 0.15) is 11.5 Å². The minimum absolute atomic E-state index is 0.0134. The van der Waals surface area contributed by atoms with Crippen molar-refractivity contribution in [1.82, 2.24) is 9.97 Å². The Hall–Kier alpha value is -2.89. The molecule has 2 N–H and O–H groups in total. The van der Waals surface area contributed by atoms with Crippen molar-refractivity contribution in [2.24, 2.45) is 4.99 Å². The van der Waals surface area contributed by atoms with E-state index < -0.39 is 0 Å². The van der Waals surface area contributed by atoms with Crippen molar-refractivity contribution in [2.75, 3.05) is 13.7 Å². The number of carbonyl (C=O) groups is 1. The first kappa shape index (κ1) is 17.0. The van der Waals surface area contributed by atoms with Gasteiger partial charge in [0, 0.05) is 43.9 Å². The Morgan fingerprint density at radius 3 is 2.80 bits per heavy atom. The van der Waals surface area contributed by atoms with Gasteiger partial charge in [-0.2, -0.15) is 0 Å². The summed E-state index contributed by atoms with van der Waals surface area (Å²) in [6.07, 6.45) is 6.40. The average Bonchev–Trinajstić information content (AvgIpc) is 3.14. The Bertz CT molecular complexity index is 777. The molecule has 1 aromatic heterocycles. The van der Waals surface area contributed by atoms with Gasteiger partial charge in [-0.15, -0.1) is 0 Å². The highest BCUT2D eigenvalue weighted by atomic mass is 16.5. The number of carbonyl (C=O) groups excluding carboxylic acids is 1. The minimum atomic E-state index is -0.0742. The van der Waals surface area contributed by atoms with Crippen LogP contribution in [0.15, 0.2) is 53.1 Å². The summed E-state index contributed by atoms with van der Waals surface area (Å²) in [5.41, 5.74) is 2.34. The molecule has 0 amide bonds. The number of aliphatic hydroxyl groups excluding tert-OH is 1. The number of methoxy groups -OCH3 is 1. The smallest absolute Gasteiger partial charge is 0.168 e. The number of aromatic amines is 1. The van der Waals surface area contributed by atoms with Crippen LogP contribution in [-0.4, -0.2) is 40.7 Å². The number of rotatable bonds is 6. The molecule has 0 fully saturated rings. The average molecular weight is 339 g/mol. The van der Waals surface area contributed by atoms with Gasteiger partial charge in [0.2, 0.25) is 0 Å². The number of imidazole rings is 1. The number of ketones is 1. The molecule has 3 rings (SSSR count). The minimum Gasteiger partial charge on any atom is -0.511 e. The topological polar surface area (TPSA) is 87.6 Å². The maximum atomic E-state index is 12.4. The van der Waals surface area contributed by atoms with Crippen LogP contribution in [0.4, 0.5) is 0 Å². The maximum Gasteiger partial charge on any atom is 0.168 e. The molecule has 6 heteroatoms. The van der Waals surface area contributed by atoms with Crippen molar-refractivity contribution in [3.05, 3.63) is 59.4 Å². The van der Waals surface area contributed by atoms with E-state index in [2.05, 4.69) is 15.0 Å². The Kier molecular flexibility index (Phi) is 5.28. The van der Waals surface area contributed by atoms with Gasteiger partial charge in [0.15, 0.2) is 5.78 Å². The van der Waals surface area contributed by atoms with Gasteiger partial charge in [-0.3, -0.25) is 9.79 Å². The Balaban J connectivity index is 1.64. The molecule has 1 heterocycles. The number of aromatic nitrogens is 2. The molecular formula is C19H21N3O3. The summed E-state index contributed by atoms with van der Waals surface area (Å²) < 4.78 is 5.15. The molecule has 25 heavy (non-hydrogen) atoms. The monoisotopic (exact) mass is 339 g/mol. The number of aliphatic imine (C=N–C) groups is 1. The number of ether oxygens (including phenoxy) is 1. The van der Waals surface area contributed by atoms with Crippen molar-refractivity contribution in [1.29, 1.82) is 0 Å². The fourth-order valence-corrected chi connectivity index (χ4v) is 2.93. The van der Waals surface area contributed by atoms with Crippen molar-refractivity contribution in [2.45, 2.75) is 25.2 Å². The molecule has 130 valence electrons. The van der Waals surface area contributed by atoms with Crippen molar-refractivity contribution in [3.63, 3.8) is 0 Å². The standard InChI is InChI=1S/C19H21N3O3/c1-25-16-4-2-13(3-5-16)14-8-18(23)17(19(24)9-14)11-20-7-6-15-10-21-12-22-15/h2-5,10-12,14,23H,6-9H2,1H3,(H,21,22). The predicted octanol–water partition coefficient (Wildman–Crippen LogP) is 2.99. The summed E-state index contributed by atoms with van der Waals surface area (Å²) in [7, 11) is 1.62. The lowest BCUT2D eigenvalue weighted by Gasteiger charge is -2.22. The molecule has 6 nitrogen and oxygen atoms in total. The second-order valence-electron chi connectivity index (χ2n) is 6.02. The van der Waals surface area contributed by atoms with Crippen LogP contribution in [0.5, 0.6) is 5.75 Å². The van der Waals surface area contributed by atoms with Crippen molar-refractivity contribution < 1.29 is 14.6 Å². The fraction of sp³-hybridized carbons (Fsp3) is 0.316. The van der Waals surface area contributed by atoms with E-state index in [1.165, 1.54) is 6.21 Å². The summed E-state index contributed by atoms with van der Waals surface area (Å²) in [6, 6.07) is 7.61. The van der Waals surface area contributed by atoms with E-state index in [9.17, 15) is 9.90 Å². The maximum absolute atomic E-state index is 12.4. The van der Waals surface area contributed by atoms with Crippen molar-refractivity contribution >= 4 is 12.0 Å². The molecule has 1 aromatic carbocycles. The summed E-state index contributed by atoms with van der Waals surface area (Å²) >= 11 is 0. The van der Waals surface area contributed by atoms with E-state index in [1.807, 2.05) is 24.3 Å². The predicted molar refractivity (Wildman–Crippen MR) is 95.3 cm³/mol. The third-order valence-corrected chi connectivity index (χ3v) is 4.36. The normalized spacial score (nSPS) is 18.1. The number of nitrogens with zero attached hydrogens (tertiary/aromatic N) is 2. The van der Waals surface area contributed by atoms with Crippen LogP contribution >= 0.6 is 0 Å². The molecule has 2 aromatic rings.